The van der Waals surface area contributed by atoms with Gasteiger partial charge in [0.2, 0.25) is 11.8 Å². The highest BCUT2D eigenvalue weighted by molar-refractivity contribution is 6.90. The molecule has 0 saturated carbocycles. The molecule has 0 bridgehead atoms. The summed E-state index contributed by atoms with van der Waals surface area (Å²) in [6, 6.07) is 1.66. The Hall–Kier alpha value is -4.22. The number of hydrogen-bond acceptors (Lipinski definition) is 17. The first-order valence-corrected chi connectivity index (χ1v) is 26.2. The number of hydrogen-bond donors (Lipinski definition) is 3. The van der Waals surface area contributed by atoms with Crippen LogP contribution >= 0.6 is 0 Å². The van der Waals surface area contributed by atoms with Crippen molar-refractivity contribution in [3.63, 3.8) is 0 Å². The molecular formula is C48H88FN9O11Si. The fraction of sp³-hybridized carbons (Fsp3) is 0.812. The first-order valence-electron chi connectivity index (χ1n) is 24.3. The van der Waals surface area contributed by atoms with Gasteiger partial charge in [-0.2, -0.15) is 5.10 Å². The van der Waals surface area contributed by atoms with Gasteiger partial charge in [0.1, 0.15) is 29.2 Å². The molecule has 0 radical (unpaired) electrons. The first kappa shape index (κ1) is 61.9. The second-order valence-electron chi connectivity index (χ2n) is 22.8. The van der Waals surface area contributed by atoms with Crippen LogP contribution in [0.2, 0.25) is 10.1 Å². The van der Waals surface area contributed by atoms with Crippen molar-refractivity contribution in [1.82, 2.24) is 40.0 Å². The average Bonchev–Trinajstić information content (AvgIpc) is 3.60. The fourth-order valence-corrected chi connectivity index (χ4v) is 12.6. The molecule has 0 atom stereocenters. The van der Waals surface area contributed by atoms with Gasteiger partial charge in [0.25, 0.3) is 0 Å². The lowest BCUT2D eigenvalue weighted by atomic mass is 10.2. The van der Waals surface area contributed by atoms with Gasteiger partial charge >= 0.3 is 32.3 Å². The average molecular weight is 1010 g/mol. The maximum Gasteiger partial charge on any atom is 0.325 e. The number of nitrogens with zero attached hydrogens (tertiary/aromatic N) is 6. The third-order valence-corrected chi connectivity index (χ3v) is 16.2. The van der Waals surface area contributed by atoms with E-state index in [4.69, 9.17) is 18.9 Å². The van der Waals surface area contributed by atoms with Crippen molar-refractivity contribution >= 4 is 55.2 Å². The zero-order valence-electron chi connectivity index (χ0n) is 45.4. The maximum atomic E-state index is 17.6. The smallest absolute Gasteiger partial charge is 0.325 e. The van der Waals surface area contributed by atoms with Crippen LogP contribution in [0, 0.1) is 0 Å². The molecule has 3 N–H and O–H groups in total. The van der Waals surface area contributed by atoms with E-state index in [1.807, 2.05) is 123 Å². The number of aromatic nitrogens is 2. The highest BCUT2D eigenvalue weighted by Crippen LogP contribution is 2.51. The quantitative estimate of drug-likeness (QED) is 0.0563. The molecule has 1 aliphatic rings. The zero-order chi connectivity index (χ0) is 53.3. The standard InChI is InChI=1S/C48H88FN9O11Si/c1-44(2,3)67-41(62)33-55-20-18-54(19-21-56(34-42(63)68-45(4,5)6)23-25-57(24-22-55)35-43(64)69-46(7,8)9)32-38(60)50-17-27-66-28-26-58-39(70(49,47(10,11)12)48(13,14)15)29-36(53-58)51-30-37(59)52-31-40(61)65-16/h29H,17-28,30-35H2,1-16H3,(H,50,60)(H,51,53)(H,52,59). The number of esters is 4. The molecule has 0 aromatic carbocycles. The molecule has 22 heteroatoms. The Balaban J connectivity index is 2.22. The normalized spacial score (nSPS) is 16.1. The molecule has 0 aliphatic carbocycles. The summed E-state index contributed by atoms with van der Waals surface area (Å²) in [7, 11) is -2.60. The first-order chi connectivity index (χ1) is 32.1. The lowest BCUT2D eigenvalue weighted by Gasteiger charge is -2.44. The minimum atomic E-state index is -3.82. The van der Waals surface area contributed by atoms with Crippen molar-refractivity contribution in [1.29, 1.82) is 0 Å². The predicted octanol–water partition coefficient (Wildman–Crippen LogP) is 2.69. The predicted molar refractivity (Wildman–Crippen MR) is 269 cm³/mol. The molecule has 0 spiro atoms. The minimum absolute atomic E-state index is 0.00803. The molecule has 20 nitrogen and oxygen atoms in total. The number of carbonyl (C=O) groups excluding carboxylic acids is 6. The van der Waals surface area contributed by atoms with Crippen LogP contribution in [-0.4, -0.2) is 209 Å². The van der Waals surface area contributed by atoms with E-state index in [9.17, 15) is 28.8 Å². The Bertz CT molecular complexity index is 1810. The van der Waals surface area contributed by atoms with Gasteiger partial charge in [-0.05, 0) is 72.4 Å². The summed E-state index contributed by atoms with van der Waals surface area (Å²) in [6.07, 6.45) is 0. The number of nitrogens with one attached hydrogen (secondary N) is 3. The summed E-state index contributed by atoms with van der Waals surface area (Å²) in [6.45, 7) is 31.2. The van der Waals surface area contributed by atoms with Gasteiger partial charge < -0.3 is 43.7 Å². The molecule has 70 heavy (non-hydrogen) atoms. The summed E-state index contributed by atoms with van der Waals surface area (Å²) in [4.78, 5) is 84.5. The van der Waals surface area contributed by atoms with Gasteiger partial charge in [-0.3, -0.25) is 53.0 Å². The summed E-state index contributed by atoms with van der Waals surface area (Å²) in [5.74, 6) is -2.15. The second kappa shape index (κ2) is 27.0. The number of carbonyl (C=O) groups is 6. The van der Waals surface area contributed by atoms with Crippen LogP contribution in [0.15, 0.2) is 6.07 Å². The molecule has 2 heterocycles. The van der Waals surface area contributed by atoms with Crippen molar-refractivity contribution in [3.8, 4) is 0 Å². The molecule has 1 fully saturated rings. The van der Waals surface area contributed by atoms with Gasteiger partial charge in [-0.1, -0.05) is 41.5 Å². The summed E-state index contributed by atoms with van der Waals surface area (Å²) in [5, 5.41) is 12.0. The van der Waals surface area contributed by atoms with Crippen LogP contribution in [-0.2, 0) is 59.0 Å². The lowest BCUT2D eigenvalue weighted by Crippen LogP contribution is -2.60. The second-order valence-corrected chi connectivity index (χ2v) is 27.7. The van der Waals surface area contributed by atoms with Crippen LogP contribution < -0.4 is 21.3 Å². The number of anilines is 1. The van der Waals surface area contributed by atoms with Gasteiger partial charge in [0.15, 0.2) is 0 Å². The molecule has 1 saturated heterocycles. The molecular weight excluding hydrogens is 926 g/mol. The number of methoxy groups -OCH3 is 1. The molecule has 0 unspecified atom stereocenters. The zero-order valence-corrected chi connectivity index (χ0v) is 46.4. The summed E-state index contributed by atoms with van der Waals surface area (Å²) < 4.78 is 46.7. The van der Waals surface area contributed by atoms with E-state index in [-0.39, 0.29) is 89.4 Å². The van der Waals surface area contributed by atoms with Crippen molar-refractivity contribution in [2.75, 3.05) is 124 Å². The van der Waals surface area contributed by atoms with Crippen LogP contribution in [0.3, 0.4) is 0 Å². The number of amides is 2. The maximum absolute atomic E-state index is 17.6. The Kier molecular flexibility index (Phi) is 23.9. The Morgan fingerprint density at radius 2 is 0.971 bits per heavy atom. The molecule has 1 aromatic heterocycles. The fourth-order valence-electron chi connectivity index (χ4n) is 7.98. The van der Waals surface area contributed by atoms with E-state index in [1.54, 1.807) is 10.7 Å². The molecule has 2 rings (SSSR count). The van der Waals surface area contributed by atoms with Gasteiger partial charge in [-0.25, -0.2) is 0 Å². The Morgan fingerprint density at radius 1 is 0.571 bits per heavy atom. The number of rotatable bonds is 20. The summed E-state index contributed by atoms with van der Waals surface area (Å²) in [5.41, 5.74) is -2.04. The van der Waals surface area contributed by atoms with E-state index in [0.29, 0.717) is 63.5 Å². The molecule has 2 amide bonds. The monoisotopic (exact) mass is 1010 g/mol. The lowest BCUT2D eigenvalue weighted by molar-refractivity contribution is -0.158. The topological polar surface area (TPSA) is 215 Å². The molecule has 1 aliphatic heterocycles. The molecule has 402 valence electrons. The minimum Gasteiger partial charge on any atom is -0.468 e. The van der Waals surface area contributed by atoms with Crippen molar-refractivity contribution < 1.29 is 56.6 Å². The number of halogens is 1. The van der Waals surface area contributed by atoms with E-state index in [2.05, 4.69) is 25.8 Å². The largest absolute Gasteiger partial charge is 0.468 e. The van der Waals surface area contributed by atoms with Gasteiger partial charge in [0.05, 0.1) is 64.9 Å². The highest BCUT2D eigenvalue weighted by Gasteiger charge is 2.59. The number of ether oxygens (including phenoxy) is 5. The van der Waals surface area contributed by atoms with Crippen molar-refractivity contribution in [2.45, 2.75) is 137 Å². The van der Waals surface area contributed by atoms with Crippen LogP contribution in [0.5, 0.6) is 0 Å². The summed E-state index contributed by atoms with van der Waals surface area (Å²) >= 11 is 0. The van der Waals surface area contributed by atoms with Crippen molar-refractivity contribution in [2.24, 2.45) is 0 Å². The third kappa shape index (κ3) is 23.3. The highest BCUT2D eigenvalue weighted by atomic mass is 28.4. The molecule has 1 aromatic rings. The Morgan fingerprint density at radius 3 is 1.34 bits per heavy atom. The van der Waals surface area contributed by atoms with E-state index in [1.165, 1.54) is 7.11 Å². The van der Waals surface area contributed by atoms with E-state index < -0.39 is 47.2 Å². The van der Waals surface area contributed by atoms with Crippen molar-refractivity contribution in [3.05, 3.63) is 6.07 Å². The SMILES string of the molecule is COC(=O)CNC(=O)CNc1cc([Si](F)(C(C)(C)C)C(C)(C)C)n(CCOCCNC(=O)CN2CCN(CC(=O)OC(C)(C)C)CCN(CC(=O)OC(C)(C)C)CCN(CC(=O)OC(C)(C)C)CC2)n1. The van der Waals surface area contributed by atoms with Gasteiger partial charge in [0, 0.05) is 65.0 Å². The van der Waals surface area contributed by atoms with Crippen LogP contribution in [0.4, 0.5) is 9.93 Å². The van der Waals surface area contributed by atoms with Crippen LogP contribution in [0.1, 0.15) is 104 Å². The Labute approximate surface area is 417 Å². The van der Waals surface area contributed by atoms with E-state index in [0.717, 1.165) is 0 Å². The van der Waals surface area contributed by atoms with Gasteiger partial charge in [-0.15, -0.1) is 0 Å². The third-order valence-electron chi connectivity index (χ3n) is 10.9. The van der Waals surface area contributed by atoms with E-state index >= 15 is 4.11 Å². The van der Waals surface area contributed by atoms with Crippen LogP contribution in [0.25, 0.3) is 0 Å².